The fourth-order valence-corrected chi connectivity index (χ4v) is 1.99. The van der Waals surface area contributed by atoms with Gasteiger partial charge in [-0.2, -0.15) is 4.68 Å². The molecule has 0 aliphatic carbocycles. The van der Waals surface area contributed by atoms with Crippen molar-refractivity contribution < 1.29 is 10.0 Å². The van der Waals surface area contributed by atoms with Crippen molar-refractivity contribution >= 4 is 21.7 Å². The number of nitro groups is 1. The molecule has 0 bridgehead atoms. The van der Waals surface area contributed by atoms with Crippen molar-refractivity contribution in [2.75, 3.05) is 0 Å². The molecule has 0 fully saturated rings. The third kappa shape index (κ3) is 1.42. The largest absolute Gasteiger partial charge is 0.390 e. The number of fused-ring (bicyclic) bond motifs is 1. The Morgan fingerprint density at radius 3 is 3.14 bits per heavy atom. The predicted octanol–water partition coefficient (Wildman–Crippen LogP) is 0.992. The summed E-state index contributed by atoms with van der Waals surface area (Å²) in [6.45, 7) is 0.593. The molecule has 76 valence electrons. The molecule has 0 saturated carbocycles. The summed E-state index contributed by atoms with van der Waals surface area (Å²) in [7, 11) is 0. The van der Waals surface area contributed by atoms with Crippen LogP contribution >= 0.6 is 15.9 Å². The Labute approximate surface area is 87.8 Å². The molecular formula is C7H8BrN3O3. The lowest BCUT2D eigenvalue weighted by atomic mass is 10.1. The molecule has 0 radical (unpaired) electrons. The highest BCUT2D eigenvalue weighted by molar-refractivity contribution is 9.09. The van der Waals surface area contributed by atoms with Crippen molar-refractivity contribution in [2.24, 2.45) is 0 Å². The molecule has 1 aliphatic rings. The van der Waals surface area contributed by atoms with Gasteiger partial charge >= 0.3 is 5.82 Å². The highest BCUT2D eigenvalue weighted by Crippen LogP contribution is 2.31. The molecule has 0 saturated heterocycles. The number of hydrogen-bond donors (Lipinski definition) is 1. The van der Waals surface area contributed by atoms with Gasteiger partial charge in [-0.25, -0.2) is 0 Å². The van der Waals surface area contributed by atoms with Crippen LogP contribution in [0, 0.1) is 10.1 Å². The lowest BCUT2D eigenvalue weighted by Crippen LogP contribution is -2.24. The van der Waals surface area contributed by atoms with Gasteiger partial charge < -0.3 is 15.2 Å². The van der Waals surface area contributed by atoms with Crippen LogP contribution in [0.15, 0.2) is 6.07 Å². The molecule has 1 N–H and O–H groups in total. The van der Waals surface area contributed by atoms with Gasteiger partial charge in [0.15, 0.2) is 0 Å². The van der Waals surface area contributed by atoms with Gasteiger partial charge in [0.05, 0.1) is 23.4 Å². The molecule has 0 spiro atoms. The molecule has 0 amide bonds. The lowest BCUT2D eigenvalue weighted by molar-refractivity contribution is -0.389. The Balaban J connectivity index is 2.41. The number of aliphatic hydroxyl groups is 1. The third-order valence-electron chi connectivity index (χ3n) is 2.25. The second-order valence-electron chi connectivity index (χ2n) is 3.16. The molecule has 1 aromatic rings. The first-order valence-corrected chi connectivity index (χ1v) is 5.05. The van der Waals surface area contributed by atoms with Gasteiger partial charge in [0.2, 0.25) is 0 Å². The number of rotatable bonds is 1. The normalized spacial score (nSPS) is 25.9. The minimum absolute atomic E-state index is 0.0497. The van der Waals surface area contributed by atoms with Crippen LogP contribution in [-0.2, 0) is 6.54 Å². The first kappa shape index (κ1) is 9.60. The number of nitrogens with zero attached hydrogens (tertiary/aromatic N) is 3. The summed E-state index contributed by atoms with van der Waals surface area (Å²) >= 11 is 3.31. The maximum Gasteiger partial charge on any atom is 0.390 e. The van der Waals surface area contributed by atoms with Gasteiger partial charge in [-0.1, -0.05) is 15.9 Å². The van der Waals surface area contributed by atoms with E-state index in [1.165, 1.54) is 10.7 Å². The average molecular weight is 262 g/mol. The van der Waals surface area contributed by atoms with Crippen LogP contribution in [0.5, 0.6) is 0 Å². The van der Waals surface area contributed by atoms with Crippen molar-refractivity contribution in [1.29, 1.82) is 0 Å². The van der Waals surface area contributed by atoms with E-state index < -0.39 is 11.0 Å². The highest BCUT2D eigenvalue weighted by atomic mass is 79.9. The summed E-state index contributed by atoms with van der Waals surface area (Å²) in [6.07, 6.45) is -0.00236. The summed E-state index contributed by atoms with van der Waals surface area (Å²) in [4.78, 5) is 9.84. The maximum absolute atomic E-state index is 10.4. The Bertz CT molecular complexity index is 378. The topological polar surface area (TPSA) is 81.2 Å². The monoisotopic (exact) mass is 261 g/mol. The Morgan fingerprint density at radius 2 is 2.50 bits per heavy atom. The smallest absolute Gasteiger partial charge is 0.386 e. The fraction of sp³-hybridized carbons (Fsp3) is 0.571. The van der Waals surface area contributed by atoms with Crippen molar-refractivity contribution in [3.63, 3.8) is 0 Å². The number of aryl methyl sites for hydroxylation is 1. The maximum atomic E-state index is 10.4. The van der Waals surface area contributed by atoms with Crippen molar-refractivity contribution in [2.45, 2.75) is 23.9 Å². The van der Waals surface area contributed by atoms with Crippen LogP contribution in [0.1, 0.15) is 18.2 Å². The van der Waals surface area contributed by atoms with E-state index in [1.54, 1.807) is 0 Å². The number of aliphatic hydroxyl groups excluding tert-OH is 1. The van der Waals surface area contributed by atoms with Gasteiger partial charge in [-0.15, -0.1) is 0 Å². The van der Waals surface area contributed by atoms with Gasteiger partial charge in [0.25, 0.3) is 0 Å². The molecule has 7 heteroatoms. The van der Waals surface area contributed by atoms with E-state index in [0.29, 0.717) is 18.7 Å². The summed E-state index contributed by atoms with van der Waals surface area (Å²) in [5.41, 5.74) is 0.504. The number of aromatic nitrogens is 2. The average Bonchev–Trinajstić information content (AvgIpc) is 2.56. The predicted molar refractivity (Wildman–Crippen MR) is 51.2 cm³/mol. The van der Waals surface area contributed by atoms with E-state index in [0.717, 1.165) is 0 Å². The summed E-state index contributed by atoms with van der Waals surface area (Å²) in [5.74, 6) is -0.208. The van der Waals surface area contributed by atoms with Crippen LogP contribution in [0.4, 0.5) is 5.82 Å². The number of alkyl halides is 1. The second-order valence-corrected chi connectivity index (χ2v) is 4.33. The van der Waals surface area contributed by atoms with E-state index in [2.05, 4.69) is 21.0 Å². The molecule has 0 aromatic carbocycles. The Kier molecular flexibility index (Phi) is 2.28. The Hall–Kier alpha value is -0.950. The highest BCUT2D eigenvalue weighted by Gasteiger charge is 2.31. The first-order valence-electron chi connectivity index (χ1n) is 4.14. The van der Waals surface area contributed by atoms with Crippen LogP contribution in [0.3, 0.4) is 0 Å². The van der Waals surface area contributed by atoms with E-state index in [1.807, 2.05) is 0 Å². The molecule has 2 atom stereocenters. The van der Waals surface area contributed by atoms with Crippen LogP contribution in [0.2, 0.25) is 0 Å². The van der Waals surface area contributed by atoms with Gasteiger partial charge in [-0.05, 0) is 11.3 Å². The molecule has 1 aromatic heterocycles. The van der Waals surface area contributed by atoms with Crippen molar-refractivity contribution in [3.05, 3.63) is 21.9 Å². The van der Waals surface area contributed by atoms with Crippen LogP contribution in [0.25, 0.3) is 0 Å². The fourth-order valence-electron chi connectivity index (χ4n) is 1.51. The van der Waals surface area contributed by atoms with Crippen LogP contribution < -0.4 is 0 Å². The molecular weight excluding hydrogens is 254 g/mol. The summed E-state index contributed by atoms with van der Waals surface area (Å²) in [6, 6.07) is 1.32. The zero-order valence-electron chi connectivity index (χ0n) is 7.13. The SMILES string of the molecule is O=[N+]([O-])c1cc2n(n1)CC[C@H](Br)[C@H]2O. The van der Waals surface area contributed by atoms with E-state index in [-0.39, 0.29) is 10.6 Å². The standard InChI is InChI=1S/C7H8BrN3O3/c8-4-1-2-10-5(7(4)12)3-6(9-10)11(13)14/h3-4,7,12H,1-2H2/t4-,7+/m0/s1. The summed E-state index contributed by atoms with van der Waals surface area (Å²) < 4.78 is 1.49. The first-order chi connectivity index (χ1) is 6.59. The zero-order chi connectivity index (χ0) is 10.3. The van der Waals surface area contributed by atoms with Crippen LogP contribution in [-0.4, -0.2) is 24.6 Å². The van der Waals surface area contributed by atoms with E-state index in [4.69, 9.17) is 0 Å². The molecule has 2 heterocycles. The second kappa shape index (κ2) is 3.32. The zero-order valence-corrected chi connectivity index (χ0v) is 8.72. The number of halogens is 1. The van der Waals surface area contributed by atoms with E-state index in [9.17, 15) is 15.2 Å². The quantitative estimate of drug-likeness (QED) is 0.465. The minimum Gasteiger partial charge on any atom is -0.386 e. The third-order valence-corrected chi connectivity index (χ3v) is 3.21. The lowest BCUT2D eigenvalue weighted by Gasteiger charge is -2.21. The molecule has 6 nitrogen and oxygen atoms in total. The van der Waals surface area contributed by atoms with Gasteiger partial charge in [0, 0.05) is 4.83 Å². The van der Waals surface area contributed by atoms with E-state index >= 15 is 0 Å². The molecule has 14 heavy (non-hydrogen) atoms. The van der Waals surface area contributed by atoms with Gasteiger partial charge in [-0.3, -0.25) is 0 Å². The van der Waals surface area contributed by atoms with Crippen molar-refractivity contribution in [3.8, 4) is 0 Å². The minimum atomic E-state index is -0.718. The molecule has 0 unspecified atom stereocenters. The van der Waals surface area contributed by atoms with Gasteiger partial charge in [0.1, 0.15) is 6.10 Å². The Morgan fingerprint density at radius 1 is 1.79 bits per heavy atom. The molecule has 1 aliphatic heterocycles. The van der Waals surface area contributed by atoms with Crippen molar-refractivity contribution in [1.82, 2.24) is 9.78 Å². The number of hydrogen-bond acceptors (Lipinski definition) is 4. The molecule has 2 rings (SSSR count). The summed E-state index contributed by atoms with van der Waals surface area (Å²) in [5, 5.41) is 23.9.